The zero-order chi connectivity index (χ0) is 24.8. The van der Waals surface area contributed by atoms with Gasteiger partial charge in [-0.2, -0.15) is 8.78 Å². The molecule has 1 aromatic heterocycles. The number of hydrogen-bond acceptors (Lipinski definition) is 4. The van der Waals surface area contributed by atoms with Crippen molar-refractivity contribution in [1.82, 2.24) is 4.98 Å². The highest BCUT2D eigenvalue weighted by Gasteiger charge is 2.32. The number of benzene rings is 1. The number of alkyl halides is 2. The van der Waals surface area contributed by atoms with Crippen molar-refractivity contribution in [3.63, 3.8) is 0 Å². The molecular formula is C25H31F2N3O4. The van der Waals surface area contributed by atoms with Gasteiger partial charge in [0.1, 0.15) is 5.69 Å². The maximum Gasteiger partial charge on any atom is 0.388 e. The summed E-state index contributed by atoms with van der Waals surface area (Å²) in [6.45, 7) is 2.64. The number of aliphatic carboxylic acids is 1. The predicted octanol–water partition coefficient (Wildman–Crippen LogP) is 6.19. The third kappa shape index (κ3) is 6.42. The van der Waals surface area contributed by atoms with Gasteiger partial charge in [-0.25, -0.2) is 9.78 Å². The van der Waals surface area contributed by atoms with Crippen LogP contribution in [0.2, 0.25) is 0 Å². The number of aryl methyl sites for hydroxylation is 1. The maximum absolute atomic E-state index is 13.6. The van der Waals surface area contributed by atoms with E-state index in [-0.39, 0.29) is 35.9 Å². The van der Waals surface area contributed by atoms with Gasteiger partial charge in [0, 0.05) is 23.8 Å². The number of amides is 2. The number of nitrogens with one attached hydrogen (secondary N) is 1. The molecule has 1 saturated carbocycles. The fourth-order valence-electron chi connectivity index (χ4n) is 4.50. The molecule has 2 aromatic rings. The summed E-state index contributed by atoms with van der Waals surface area (Å²) in [6, 6.07) is 10.1. The molecule has 9 heteroatoms. The summed E-state index contributed by atoms with van der Waals surface area (Å²) in [5.41, 5.74) is 2.26. The van der Waals surface area contributed by atoms with Crippen molar-refractivity contribution in [1.29, 1.82) is 0 Å². The second-order valence-corrected chi connectivity index (χ2v) is 8.97. The van der Waals surface area contributed by atoms with Crippen LogP contribution in [-0.2, 0) is 4.79 Å². The summed E-state index contributed by atoms with van der Waals surface area (Å²) < 4.78 is 30.4. The molecule has 1 aliphatic rings. The van der Waals surface area contributed by atoms with Gasteiger partial charge in [0.15, 0.2) is 0 Å². The highest BCUT2D eigenvalue weighted by molar-refractivity contribution is 6.03. The number of anilines is 2. The fraction of sp³-hybridized carbons (Fsp3) is 0.480. The fourth-order valence-corrected chi connectivity index (χ4v) is 4.50. The summed E-state index contributed by atoms with van der Waals surface area (Å²) in [4.78, 5) is 30.4. The molecule has 0 atom stereocenters. The smallest absolute Gasteiger partial charge is 0.388 e. The van der Waals surface area contributed by atoms with Gasteiger partial charge in [-0.15, -0.1) is 0 Å². The van der Waals surface area contributed by atoms with Crippen LogP contribution in [0.25, 0.3) is 0 Å². The first kappa shape index (κ1) is 25.4. The van der Waals surface area contributed by atoms with Crippen LogP contribution >= 0.6 is 0 Å². The minimum Gasteiger partial charge on any atom is -0.481 e. The summed E-state index contributed by atoms with van der Waals surface area (Å²) in [5.74, 6) is -0.938. The monoisotopic (exact) mass is 475 g/mol. The Hall–Kier alpha value is -3.23. The zero-order valence-electron chi connectivity index (χ0n) is 19.6. The summed E-state index contributed by atoms with van der Waals surface area (Å²) in [7, 11) is 0. The lowest BCUT2D eigenvalue weighted by molar-refractivity contribution is -0.138. The highest BCUT2D eigenvalue weighted by Crippen LogP contribution is 2.36. The predicted molar refractivity (Wildman–Crippen MR) is 126 cm³/mol. The molecule has 184 valence electrons. The molecular weight excluding hydrogens is 444 g/mol. The Bertz CT molecular complexity index is 1010. The van der Waals surface area contributed by atoms with Crippen molar-refractivity contribution in [3.05, 3.63) is 47.7 Å². The second kappa shape index (κ2) is 11.3. The number of carboxylic acids is 1. The van der Waals surface area contributed by atoms with Crippen LogP contribution in [0.15, 0.2) is 36.4 Å². The van der Waals surface area contributed by atoms with Gasteiger partial charge in [-0.1, -0.05) is 32.0 Å². The number of hydrogen-bond donors (Lipinski definition) is 2. The van der Waals surface area contributed by atoms with Crippen LogP contribution in [0.4, 0.5) is 25.0 Å². The van der Waals surface area contributed by atoms with Gasteiger partial charge in [0.05, 0.1) is 0 Å². The normalized spacial score (nSPS) is 18.1. The lowest BCUT2D eigenvalue weighted by atomic mass is 9.83. The van der Waals surface area contributed by atoms with Crippen molar-refractivity contribution < 1.29 is 28.2 Å². The molecule has 1 aromatic carbocycles. The van der Waals surface area contributed by atoms with Crippen LogP contribution < -0.4 is 15.0 Å². The summed E-state index contributed by atoms with van der Waals surface area (Å²) in [5, 5.41) is 11.9. The minimum absolute atomic E-state index is 0.0579. The van der Waals surface area contributed by atoms with E-state index in [1.165, 1.54) is 6.07 Å². The Balaban J connectivity index is 1.92. The van der Waals surface area contributed by atoms with E-state index >= 15 is 0 Å². The molecule has 0 saturated heterocycles. The number of aromatic nitrogens is 1. The third-order valence-corrected chi connectivity index (χ3v) is 6.12. The van der Waals surface area contributed by atoms with Crippen molar-refractivity contribution in [2.45, 2.75) is 71.4 Å². The Morgan fingerprint density at radius 3 is 2.44 bits per heavy atom. The van der Waals surface area contributed by atoms with E-state index in [0.717, 1.165) is 11.3 Å². The molecule has 1 fully saturated rings. The second-order valence-electron chi connectivity index (χ2n) is 8.97. The molecule has 1 heterocycles. The van der Waals surface area contributed by atoms with Crippen LogP contribution in [-0.4, -0.2) is 34.7 Å². The van der Waals surface area contributed by atoms with Gasteiger partial charge in [-0.05, 0) is 68.2 Å². The number of carboxylic acid groups (broad SMARTS) is 1. The van der Waals surface area contributed by atoms with Crippen LogP contribution in [0.3, 0.4) is 0 Å². The molecule has 34 heavy (non-hydrogen) atoms. The zero-order valence-corrected chi connectivity index (χ0v) is 19.6. The standard InChI is InChI=1S/C25H31F2N3O4/c1-15(2)19-6-4-5-7-21(19)30(18-11-9-17(10-12-18)14-22(31)32)25(33)29-20-13-8-16(3)28-23(20)34-24(26)27/h4-8,13,15,17-18,24H,9-12,14H2,1-3H3,(H,29,33)(H,31,32). The molecule has 2 amide bonds. The van der Waals surface area contributed by atoms with E-state index in [9.17, 15) is 18.4 Å². The molecule has 2 N–H and O–H groups in total. The molecule has 7 nitrogen and oxygen atoms in total. The van der Waals surface area contributed by atoms with Crippen LogP contribution in [0, 0.1) is 12.8 Å². The van der Waals surface area contributed by atoms with Crippen molar-refractivity contribution in [3.8, 4) is 5.88 Å². The molecule has 0 unspecified atom stereocenters. The van der Waals surface area contributed by atoms with Gasteiger partial charge >= 0.3 is 18.6 Å². The SMILES string of the molecule is Cc1ccc(NC(=O)N(c2ccccc2C(C)C)C2CCC(CC(=O)O)CC2)c(OC(F)F)n1. The van der Waals surface area contributed by atoms with Gasteiger partial charge in [-0.3, -0.25) is 9.69 Å². The number of urea groups is 1. The quantitative estimate of drug-likeness (QED) is 0.475. The number of carbonyl (C=O) groups is 2. The van der Waals surface area contributed by atoms with E-state index in [1.807, 2.05) is 38.1 Å². The topological polar surface area (TPSA) is 91.8 Å². The largest absolute Gasteiger partial charge is 0.481 e. The van der Waals surface area contributed by atoms with Crippen LogP contribution in [0.1, 0.15) is 63.1 Å². The number of para-hydroxylation sites is 1. The first-order valence-corrected chi connectivity index (χ1v) is 11.5. The molecule has 3 rings (SSSR count). The minimum atomic E-state index is -3.08. The van der Waals surface area contributed by atoms with Crippen LogP contribution in [0.5, 0.6) is 5.88 Å². The Kier molecular flexibility index (Phi) is 8.41. The first-order chi connectivity index (χ1) is 16.2. The number of halogens is 2. The molecule has 0 radical (unpaired) electrons. The van der Waals surface area contributed by atoms with Crippen molar-refractivity contribution in [2.24, 2.45) is 5.92 Å². The number of ether oxygens (including phenoxy) is 1. The number of nitrogens with zero attached hydrogens (tertiary/aromatic N) is 2. The van der Waals surface area contributed by atoms with Gasteiger partial charge in [0.25, 0.3) is 0 Å². The van der Waals surface area contributed by atoms with Gasteiger partial charge < -0.3 is 15.2 Å². The lowest BCUT2D eigenvalue weighted by Crippen LogP contribution is -2.45. The Morgan fingerprint density at radius 2 is 1.82 bits per heavy atom. The lowest BCUT2D eigenvalue weighted by Gasteiger charge is -2.38. The summed E-state index contributed by atoms with van der Waals surface area (Å²) in [6.07, 6.45) is 2.78. The molecule has 1 aliphatic carbocycles. The van der Waals surface area contributed by atoms with Crippen molar-refractivity contribution in [2.75, 3.05) is 10.2 Å². The number of rotatable bonds is 8. The molecule has 0 bridgehead atoms. The number of pyridine rings is 1. The first-order valence-electron chi connectivity index (χ1n) is 11.5. The average molecular weight is 476 g/mol. The molecule has 0 spiro atoms. The Morgan fingerprint density at radius 1 is 1.15 bits per heavy atom. The van der Waals surface area contributed by atoms with E-state index in [1.54, 1.807) is 17.9 Å². The van der Waals surface area contributed by atoms with E-state index < -0.39 is 18.6 Å². The van der Waals surface area contributed by atoms with Gasteiger partial charge in [0.2, 0.25) is 5.88 Å². The number of carbonyl (C=O) groups excluding carboxylic acids is 1. The van der Waals surface area contributed by atoms with E-state index in [2.05, 4.69) is 15.0 Å². The van der Waals surface area contributed by atoms with E-state index in [0.29, 0.717) is 31.4 Å². The van der Waals surface area contributed by atoms with E-state index in [4.69, 9.17) is 5.11 Å². The average Bonchev–Trinajstić information content (AvgIpc) is 2.76. The van der Waals surface area contributed by atoms with Crippen molar-refractivity contribution >= 4 is 23.4 Å². The Labute approximate surface area is 198 Å². The maximum atomic E-state index is 13.6. The highest BCUT2D eigenvalue weighted by atomic mass is 19.3. The third-order valence-electron chi connectivity index (χ3n) is 6.12. The molecule has 0 aliphatic heterocycles. The summed E-state index contributed by atoms with van der Waals surface area (Å²) >= 11 is 0.